The van der Waals surface area contributed by atoms with Gasteiger partial charge in [-0.3, -0.25) is 4.79 Å². The van der Waals surface area contributed by atoms with E-state index in [4.69, 9.17) is 9.47 Å². The number of carbonyl (C=O) groups excluding carboxylic acids is 1. The molecule has 1 amide bonds. The Labute approximate surface area is 153 Å². The number of nitrogens with one attached hydrogen (secondary N) is 1. The lowest BCUT2D eigenvalue weighted by Gasteiger charge is -2.16. The third-order valence-electron chi connectivity index (χ3n) is 3.89. The molecule has 25 heavy (non-hydrogen) atoms. The second-order valence-electron chi connectivity index (χ2n) is 6.43. The monoisotopic (exact) mass is 362 g/mol. The largest absolute Gasteiger partial charge is 0.493 e. The lowest BCUT2D eigenvalue weighted by molar-refractivity contribution is 0.0943. The predicted octanol–water partition coefficient (Wildman–Crippen LogP) is 4.16. The van der Waals surface area contributed by atoms with Gasteiger partial charge in [0, 0.05) is 6.42 Å². The number of amides is 1. The fourth-order valence-electron chi connectivity index (χ4n) is 2.57. The molecule has 0 fully saturated rings. The Balaban J connectivity index is 2.13. The average molecular weight is 362 g/mol. The van der Waals surface area contributed by atoms with Crippen molar-refractivity contribution in [2.75, 3.05) is 14.2 Å². The molecular formula is C19H26N2O3S. The van der Waals surface area contributed by atoms with Gasteiger partial charge in [-0.15, -0.1) is 11.3 Å². The summed E-state index contributed by atoms with van der Waals surface area (Å²) in [7, 11) is 3.20. The van der Waals surface area contributed by atoms with Gasteiger partial charge in [-0.1, -0.05) is 19.9 Å². The predicted molar refractivity (Wildman–Crippen MR) is 101 cm³/mol. The molecule has 1 aromatic carbocycles. The molecule has 5 nitrogen and oxygen atoms in total. The molecule has 0 aliphatic carbocycles. The molecule has 0 spiro atoms. The molecule has 0 aliphatic rings. The second-order valence-corrected chi connectivity index (χ2v) is 7.51. The maximum Gasteiger partial charge on any atom is 0.263 e. The minimum atomic E-state index is -0.151. The summed E-state index contributed by atoms with van der Waals surface area (Å²) in [6, 6.07) is 5.50. The van der Waals surface area contributed by atoms with Crippen LogP contribution in [0.1, 0.15) is 52.7 Å². The van der Waals surface area contributed by atoms with Gasteiger partial charge in [0.1, 0.15) is 4.88 Å². The third kappa shape index (κ3) is 4.72. The quantitative estimate of drug-likeness (QED) is 0.803. The summed E-state index contributed by atoms with van der Waals surface area (Å²) in [5.74, 6) is 1.75. The van der Waals surface area contributed by atoms with Crippen LogP contribution in [0.2, 0.25) is 0 Å². The minimum absolute atomic E-state index is 0.0905. The van der Waals surface area contributed by atoms with Crippen molar-refractivity contribution in [3.63, 3.8) is 0 Å². The summed E-state index contributed by atoms with van der Waals surface area (Å²) >= 11 is 1.48. The van der Waals surface area contributed by atoms with E-state index in [-0.39, 0.29) is 11.9 Å². The van der Waals surface area contributed by atoms with E-state index in [1.165, 1.54) is 11.3 Å². The SMILES string of the molecule is COc1ccc(C(C)NC(=O)c2sc(CC(C)C)nc2C)cc1OC. The first kappa shape index (κ1) is 19.2. The Morgan fingerprint density at radius 2 is 1.88 bits per heavy atom. The fraction of sp³-hybridized carbons (Fsp3) is 0.474. The first-order valence-corrected chi connectivity index (χ1v) is 9.16. The molecule has 1 atom stereocenters. The average Bonchev–Trinajstić information content (AvgIpc) is 2.93. The van der Waals surface area contributed by atoms with Crippen molar-refractivity contribution in [1.29, 1.82) is 0 Å². The van der Waals surface area contributed by atoms with Crippen LogP contribution in [0, 0.1) is 12.8 Å². The van der Waals surface area contributed by atoms with Gasteiger partial charge in [0.25, 0.3) is 5.91 Å². The Bertz CT molecular complexity index is 740. The van der Waals surface area contributed by atoms with Crippen molar-refractivity contribution in [1.82, 2.24) is 10.3 Å². The zero-order chi connectivity index (χ0) is 18.6. The van der Waals surface area contributed by atoms with E-state index >= 15 is 0 Å². The Hall–Kier alpha value is -2.08. The van der Waals surface area contributed by atoms with Gasteiger partial charge < -0.3 is 14.8 Å². The maximum absolute atomic E-state index is 12.6. The highest BCUT2D eigenvalue weighted by atomic mass is 32.1. The number of hydrogen-bond donors (Lipinski definition) is 1. The summed E-state index contributed by atoms with van der Waals surface area (Å²) in [5, 5.41) is 4.05. The van der Waals surface area contributed by atoms with Gasteiger partial charge >= 0.3 is 0 Å². The number of benzene rings is 1. The van der Waals surface area contributed by atoms with E-state index in [2.05, 4.69) is 24.1 Å². The first-order chi connectivity index (χ1) is 11.8. The molecule has 0 radical (unpaired) electrons. The fourth-order valence-corrected chi connectivity index (χ4v) is 3.75. The van der Waals surface area contributed by atoms with Crippen LogP contribution in [-0.4, -0.2) is 25.1 Å². The van der Waals surface area contributed by atoms with Gasteiger partial charge in [-0.25, -0.2) is 4.98 Å². The second kappa shape index (κ2) is 8.34. The van der Waals surface area contributed by atoms with E-state index in [1.54, 1.807) is 14.2 Å². The Kier molecular flexibility index (Phi) is 6.42. The number of methoxy groups -OCH3 is 2. The van der Waals surface area contributed by atoms with Crippen LogP contribution in [0.5, 0.6) is 11.5 Å². The molecule has 1 unspecified atom stereocenters. The minimum Gasteiger partial charge on any atom is -0.493 e. The highest BCUT2D eigenvalue weighted by Gasteiger charge is 2.19. The normalized spacial score (nSPS) is 12.1. The van der Waals surface area contributed by atoms with Crippen LogP contribution >= 0.6 is 11.3 Å². The zero-order valence-corrected chi connectivity index (χ0v) is 16.5. The number of aryl methyl sites for hydroxylation is 1. The summed E-state index contributed by atoms with van der Waals surface area (Å²) in [5.41, 5.74) is 1.74. The Morgan fingerprint density at radius 1 is 1.20 bits per heavy atom. The first-order valence-electron chi connectivity index (χ1n) is 8.34. The van der Waals surface area contributed by atoms with E-state index in [0.717, 1.165) is 22.7 Å². The molecule has 0 bridgehead atoms. The summed E-state index contributed by atoms with van der Waals surface area (Å²) in [6.07, 6.45) is 0.893. The van der Waals surface area contributed by atoms with Gasteiger partial charge in [0.05, 0.1) is 31.0 Å². The molecule has 6 heteroatoms. The van der Waals surface area contributed by atoms with Crippen molar-refractivity contribution in [3.8, 4) is 11.5 Å². The maximum atomic E-state index is 12.6. The molecule has 1 heterocycles. The van der Waals surface area contributed by atoms with Crippen molar-refractivity contribution >= 4 is 17.2 Å². The van der Waals surface area contributed by atoms with Crippen LogP contribution in [-0.2, 0) is 6.42 Å². The van der Waals surface area contributed by atoms with Crippen LogP contribution in [0.3, 0.4) is 0 Å². The molecule has 0 saturated heterocycles. The zero-order valence-electron chi connectivity index (χ0n) is 15.7. The van der Waals surface area contributed by atoms with E-state index in [9.17, 15) is 4.79 Å². The number of nitrogens with zero attached hydrogens (tertiary/aromatic N) is 1. The van der Waals surface area contributed by atoms with Gasteiger partial charge in [0.2, 0.25) is 0 Å². The van der Waals surface area contributed by atoms with Crippen LogP contribution in [0.15, 0.2) is 18.2 Å². The van der Waals surface area contributed by atoms with Gasteiger partial charge in [0.15, 0.2) is 11.5 Å². The molecule has 1 N–H and O–H groups in total. The highest BCUT2D eigenvalue weighted by molar-refractivity contribution is 7.13. The number of rotatable bonds is 7. The van der Waals surface area contributed by atoms with Gasteiger partial charge in [-0.05, 0) is 37.5 Å². The lowest BCUT2D eigenvalue weighted by Crippen LogP contribution is -2.26. The highest BCUT2D eigenvalue weighted by Crippen LogP contribution is 2.30. The molecule has 0 aliphatic heterocycles. The molecule has 136 valence electrons. The van der Waals surface area contributed by atoms with Crippen LogP contribution in [0.4, 0.5) is 0 Å². The molecule has 0 saturated carbocycles. The Morgan fingerprint density at radius 3 is 2.48 bits per heavy atom. The topological polar surface area (TPSA) is 60.5 Å². The smallest absolute Gasteiger partial charge is 0.263 e. The molecular weight excluding hydrogens is 336 g/mol. The number of aromatic nitrogens is 1. The van der Waals surface area contributed by atoms with E-state index in [1.807, 2.05) is 32.0 Å². The third-order valence-corrected chi connectivity index (χ3v) is 5.06. The van der Waals surface area contributed by atoms with E-state index < -0.39 is 0 Å². The summed E-state index contributed by atoms with van der Waals surface area (Å²) in [6.45, 7) is 8.13. The summed E-state index contributed by atoms with van der Waals surface area (Å²) < 4.78 is 10.6. The van der Waals surface area contributed by atoms with Crippen molar-refractivity contribution in [2.24, 2.45) is 5.92 Å². The van der Waals surface area contributed by atoms with Gasteiger partial charge in [-0.2, -0.15) is 0 Å². The van der Waals surface area contributed by atoms with Crippen molar-refractivity contribution < 1.29 is 14.3 Å². The number of thiazole rings is 1. The molecule has 2 rings (SSSR count). The molecule has 1 aromatic heterocycles. The lowest BCUT2D eigenvalue weighted by atomic mass is 10.1. The standard InChI is InChI=1S/C19H26N2O3S/c1-11(2)9-17-20-13(4)18(25-17)19(22)21-12(3)14-7-8-15(23-5)16(10-14)24-6/h7-8,10-12H,9H2,1-6H3,(H,21,22). The molecule has 2 aromatic rings. The van der Waals surface area contributed by atoms with Crippen LogP contribution < -0.4 is 14.8 Å². The van der Waals surface area contributed by atoms with Crippen molar-refractivity contribution in [2.45, 2.75) is 40.2 Å². The van der Waals surface area contributed by atoms with Crippen LogP contribution in [0.25, 0.3) is 0 Å². The number of ether oxygens (including phenoxy) is 2. The number of hydrogen-bond acceptors (Lipinski definition) is 5. The number of carbonyl (C=O) groups is 1. The van der Waals surface area contributed by atoms with Crippen molar-refractivity contribution in [3.05, 3.63) is 39.3 Å². The summed E-state index contributed by atoms with van der Waals surface area (Å²) in [4.78, 5) is 17.8. The van der Waals surface area contributed by atoms with E-state index in [0.29, 0.717) is 22.3 Å².